The number of carbonyl (C=O) groups is 1. The molecule has 0 radical (unpaired) electrons. The number of aromatic nitrogens is 3. The number of amides is 1. The Balaban J connectivity index is 1.77. The van der Waals surface area contributed by atoms with Gasteiger partial charge < -0.3 is 9.88 Å². The van der Waals surface area contributed by atoms with Crippen molar-refractivity contribution in [2.45, 2.75) is 18.5 Å². The van der Waals surface area contributed by atoms with Crippen molar-refractivity contribution in [3.05, 3.63) is 34.3 Å². The van der Waals surface area contributed by atoms with E-state index in [1.54, 1.807) is 6.20 Å². The third kappa shape index (κ3) is 2.65. The Hall–Kier alpha value is -1.90. The molecule has 5 nitrogen and oxygen atoms in total. The van der Waals surface area contributed by atoms with Crippen molar-refractivity contribution in [2.24, 2.45) is 0 Å². The van der Waals surface area contributed by atoms with Gasteiger partial charge in [-0.2, -0.15) is 13.2 Å². The summed E-state index contributed by atoms with van der Waals surface area (Å²) in [5.74, 6) is -0.607. The molecule has 1 atom stereocenters. The summed E-state index contributed by atoms with van der Waals surface area (Å²) >= 11 is 1.49. The second kappa shape index (κ2) is 5.14. The largest absolute Gasteiger partial charge is 0.433 e. The molecular formula is C12H11F3N4OS. The van der Waals surface area contributed by atoms with Crippen molar-refractivity contribution in [3.8, 4) is 0 Å². The molecule has 21 heavy (non-hydrogen) atoms. The second-order valence-corrected chi connectivity index (χ2v) is 5.66. The van der Waals surface area contributed by atoms with Crippen LogP contribution in [0, 0.1) is 0 Å². The third-order valence-electron chi connectivity index (χ3n) is 3.40. The van der Waals surface area contributed by atoms with Crippen molar-refractivity contribution in [3.63, 3.8) is 0 Å². The Morgan fingerprint density at radius 3 is 2.90 bits per heavy atom. The fourth-order valence-electron chi connectivity index (χ4n) is 2.40. The van der Waals surface area contributed by atoms with Gasteiger partial charge in [0, 0.05) is 30.6 Å². The monoisotopic (exact) mass is 316 g/mol. The van der Waals surface area contributed by atoms with Crippen molar-refractivity contribution in [2.75, 3.05) is 13.1 Å². The number of aromatic amines is 1. The van der Waals surface area contributed by atoms with Crippen molar-refractivity contribution >= 4 is 17.2 Å². The van der Waals surface area contributed by atoms with Gasteiger partial charge in [-0.25, -0.2) is 9.97 Å². The number of nitrogens with one attached hydrogen (secondary N) is 1. The summed E-state index contributed by atoms with van der Waals surface area (Å²) < 4.78 is 38.3. The first-order chi connectivity index (χ1) is 9.97. The van der Waals surface area contributed by atoms with E-state index < -0.39 is 23.5 Å². The van der Waals surface area contributed by atoms with E-state index in [9.17, 15) is 18.0 Å². The molecular weight excluding hydrogens is 305 g/mol. The molecule has 1 aliphatic rings. The van der Waals surface area contributed by atoms with Gasteiger partial charge in [0.25, 0.3) is 5.91 Å². The van der Waals surface area contributed by atoms with Crippen molar-refractivity contribution in [1.29, 1.82) is 0 Å². The molecule has 9 heteroatoms. The van der Waals surface area contributed by atoms with Crippen molar-refractivity contribution < 1.29 is 18.0 Å². The molecule has 1 unspecified atom stereocenters. The van der Waals surface area contributed by atoms with Gasteiger partial charge >= 0.3 is 6.18 Å². The normalized spacial score (nSPS) is 19.2. The summed E-state index contributed by atoms with van der Waals surface area (Å²) in [6.07, 6.45) is -1.34. The number of hydrogen-bond donors (Lipinski definition) is 1. The van der Waals surface area contributed by atoms with E-state index in [4.69, 9.17) is 0 Å². The second-order valence-electron chi connectivity index (χ2n) is 4.73. The molecule has 3 heterocycles. The minimum Gasteiger partial charge on any atom is -0.340 e. The number of thiazole rings is 1. The number of alkyl halides is 3. The number of likely N-dealkylation sites (tertiary alicyclic amines) is 1. The maximum atomic E-state index is 12.8. The molecule has 1 aliphatic heterocycles. The van der Waals surface area contributed by atoms with Crippen LogP contribution in [0.15, 0.2) is 17.9 Å². The topological polar surface area (TPSA) is 61.9 Å². The smallest absolute Gasteiger partial charge is 0.340 e. The van der Waals surface area contributed by atoms with Gasteiger partial charge in [0.1, 0.15) is 0 Å². The third-order valence-corrected chi connectivity index (χ3v) is 4.34. The SMILES string of the molecule is O=C(c1nc[nH]c1C(F)(F)F)N1CCC(c2nccs2)C1. The Morgan fingerprint density at radius 2 is 2.24 bits per heavy atom. The zero-order chi connectivity index (χ0) is 15.0. The highest BCUT2D eigenvalue weighted by Gasteiger charge is 2.40. The fourth-order valence-corrected chi connectivity index (χ4v) is 3.17. The lowest BCUT2D eigenvalue weighted by molar-refractivity contribution is -0.141. The summed E-state index contributed by atoms with van der Waals surface area (Å²) in [5, 5.41) is 2.75. The van der Waals surface area contributed by atoms with Gasteiger partial charge in [-0.05, 0) is 6.42 Å². The molecule has 0 aliphatic carbocycles. The van der Waals surface area contributed by atoms with Crippen LogP contribution >= 0.6 is 11.3 Å². The van der Waals surface area contributed by atoms with E-state index in [0.717, 1.165) is 11.3 Å². The first-order valence-corrected chi connectivity index (χ1v) is 7.14. The number of H-pyrrole nitrogens is 1. The molecule has 1 amide bonds. The first kappa shape index (κ1) is 14.1. The highest BCUT2D eigenvalue weighted by Crippen LogP contribution is 2.33. The van der Waals surface area contributed by atoms with Crippen molar-refractivity contribution in [1.82, 2.24) is 19.9 Å². The van der Waals surface area contributed by atoms with Gasteiger partial charge in [-0.3, -0.25) is 4.79 Å². The number of halogens is 3. The molecule has 3 rings (SSSR count). The van der Waals surface area contributed by atoms with Crippen LogP contribution in [0.5, 0.6) is 0 Å². The summed E-state index contributed by atoms with van der Waals surface area (Å²) in [5.41, 5.74) is -1.66. The van der Waals surface area contributed by atoms with Crippen LogP contribution in [-0.2, 0) is 6.18 Å². The van der Waals surface area contributed by atoms with Crippen LogP contribution < -0.4 is 0 Å². The highest BCUT2D eigenvalue weighted by atomic mass is 32.1. The zero-order valence-electron chi connectivity index (χ0n) is 10.7. The van der Waals surface area contributed by atoms with Crippen LogP contribution in [0.3, 0.4) is 0 Å². The lowest BCUT2D eigenvalue weighted by Gasteiger charge is -2.16. The number of hydrogen-bond acceptors (Lipinski definition) is 4. The van der Waals surface area contributed by atoms with Crippen LogP contribution in [-0.4, -0.2) is 38.8 Å². The zero-order valence-corrected chi connectivity index (χ0v) is 11.5. The quantitative estimate of drug-likeness (QED) is 0.926. The van der Waals surface area contributed by atoms with Crippen LogP contribution in [0.2, 0.25) is 0 Å². The molecule has 0 bridgehead atoms. The number of nitrogens with zero attached hydrogens (tertiary/aromatic N) is 3. The van der Waals surface area contributed by atoms with E-state index in [2.05, 4.69) is 9.97 Å². The average molecular weight is 316 g/mol. The van der Waals surface area contributed by atoms with Gasteiger partial charge in [-0.15, -0.1) is 11.3 Å². The Morgan fingerprint density at radius 1 is 1.43 bits per heavy atom. The maximum absolute atomic E-state index is 12.8. The summed E-state index contributed by atoms with van der Waals surface area (Å²) in [4.78, 5) is 23.3. The number of carbonyl (C=O) groups excluding carboxylic acids is 1. The Bertz CT molecular complexity index is 637. The predicted molar refractivity (Wildman–Crippen MR) is 69.0 cm³/mol. The van der Waals surface area contributed by atoms with Crippen LogP contribution in [0.4, 0.5) is 13.2 Å². The summed E-state index contributed by atoms with van der Waals surface area (Å²) in [7, 11) is 0. The molecule has 1 N–H and O–H groups in total. The van der Waals surface area contributed by atoms with E-state index in [-0.39, 0.29) is 5.92 Å². The van der Waals surface area contributed by atoms with Gasteiger partial charge in [-0.1, -0.05) is 0 Å². The molecule has 0 saturated carbocycles. The average Bonchev–Trinajstić information content (AvgIpc) is 3.16. The molecule has 1 saturated heterocycles. The lowest BCUT2D eigenvalue weighted by atomic mass is 10.1. The minimum absolute atomic E-state index is 0.0854. The standard InChI is InChI=1S/C12H11F3N4OS/c13-12(14,15)9-8(17-6-18-9)11(20)19-3-1-7(5-19)10-16-2-4-21-10/h2,4,6-7H,1,3,5H2,(H,17,18). The van der Waals surface area contributed by atoms with E-state index in [1.807, 2.05) is 10.4 Å². The molecule has 112 valence electrons. The lowest BCUT2D eigenvalue weighted by Crippen LogP contribution is -2.30. The molecule has 0 aromatic carbocycles. The predicted octanol–water partition coefficient (Wildman–Crippen LogP) is 2.51. The fraction of sp³-hybridized carbons (Fsp3) is 0.417. The maximum Gasteiger partial charge on any atom is 0.433 e. The minimum atomic E-state index is -4.62. The van der Waals surface area contributed by atoms with E-state index in [1.165, 1.54) is 16.2 Å². The molecule has 1 fully saturated rings. The number of imidazole rings is 1. The molecule has 0 spiro atoms. The summed E-state index contributed by atoms with van der Waals surface area (Å²) in [6, 6.07) is 0. The summed E-state index contributed by atoms with van der Waals surface area (Å²) in [6.45, 7) is 0.781. The number of rotatable bonds is 2. The van der Waals surface area contributed by atoms with Gasteiger partial charge in [0.2, 0.25) is 0 Å². The first-order valence-electron chi connectivity index (χ1n) is 6.26. The molecule has 2 aromatic rings. The highest BCUT2D eigenvalue weighted by molar-refractivity contribution is 7.09. The van der Waals surface area contributed by atoms with Gasteiger partial charge in [0.15, 0.2) is 11.4 Å². The van der Waals surface area contributed by atoms with E-state index in [0.29, 0.717) is 19.5 Å². The van der Waals surface area contributed by atoms with Gasteiger partial charge in [0.05, 0.1) is 11.3 Å². The van der Waals surface area contributed by atoms with E-state index >= 15 is 0 Å². The van der Waals surface area contributed by atoms with Crippen LogP contribution in [0.1, 0.15) is 33.5 Å². The van der Waals surface area contributed by atoms with Crippen LogP contribution in [0.25, 0.3) is 0 Å². The molecule has 2 aromatic heterocycles. The Labute approximate surface area is 121 Å². The Kier molecular flexibility index (Phi) is 3.44.